The summed E-state index contributed by atoms with van der Waals surface area (Å²) in [5, 5.41) is 36.0. The van der Waals surface area contributed by atoms with Gasteiger partial charge in [0.15, 0.2) is 6.29 Å². The molecule has 0 spiro atoms. The number of aliphatic hydroxyl groups is 3. The molecule has 0 aliphatic carbocycles. The Labute approximate surface area is 334 Å². The SMILES string of the molecule is COc1cc(OCc2cccc(CC(=O)CCCCCCC(=O)NCCCCCC(=O)OC(C)(C)C)c2)c(Cl)cc1C(=O)N[C@H]1[C@@H](OC)O[C@H](CO)[C@@H](O)[C@@H]1O. The number of nitrogens with one attached hydrogen (secondary N) is 2. The van der Waals surface area contributed by atoms with Crippen molar-refractivity contribution in [2.75, 3.05) is 27.4 Å². The number of halogens is 1. The monoisotopic (exact) mass is 806 g/mol. The van der Waals surface area contributed by atoms with Gasteiger partial charge in [-0.15, -0.1) is 0 Å². The standard InChI is InChI=1S/C41H59ClN2O12/c1-41(2,3)56-35(48)18-11-8-12-19-43-34(47)17-10-7-6-9-16-28(46)21-26-14-13-15-27(20-26)25-54-32-23-31(52-4)29(22-30(32)42)39(51)44-36-38(50)37(49)33(24-45)55-40(36)53-5/h13-15,20,22-23,33,36-38,40,45,49-50H,6-12,16-19,21,24-25H2,1-5H3,(H,43,47)(H,44,51)/t33-,36-,37-,38-,40+/m1/s1. The number of carbonyl (C=O) groups is 4. The summed E-state index contributed by atoms with van der Waals surface area (Å²) in [5.74, 6) is -0.341. The molecule has 1 aliphatic rings. The van der Waals surface area contributed by atoms with E-state index in [9.17, 15) is 34.5 Å². The van der Waals surface area contributed by atoms with Crippen LogP contribution in [0.4, 0.5) is 0 Å². The average Bonchev–Trinajstić information content (AvgIpc) is 3.15. The predicted molar refractivity (Wildman–Crippen MR) is 209 cm³/mol. The summed E-state index contributed by atoms with van der Waals surface area (Å²) < 4.78 is 27.4. The largest absolute Gasteiger partial charge is 0.496 e. The number of ether oxygens (including phenoxy) is 5. The van der Waals surface area contributed by atoms with E-state index in [1.54, 1.807) is 0 Å². The van der Waals surface area contributed by atoms with Crippen LogP contribution in [0.2, 0.25) is 5.02 Å². The molecule has 56 heavy (non-hydrogen) atoms. The second-order valence-corrected chi connectivity index (χ2v) is 15.3. The highest BCUT2D eigenvalue weighted by atomic mass is 35.5. The van der Waals surface area contributed by atoms with Crippen molar-refractivity contribution >= 4 is 35.2 Å². The Morgan fingerprint density at radius 3 is 2.21 bits per heavy atom. The number of amides is 2. The number of carbonyl (C=O) groups excluding carboxylic acids is 4. The number of aliphatic hydroxyl groups excluding tert-OH is 3. The molecule has 1 saturated heterocycles. The molecule has 2 aromatic rings. The van der Waals surface area contributed by atoms with Crippen molar-refractivity contribution < 1.29 is 58.2 Å². The van der Waals surface area contributed by atoms with Gasteiger partial charge in [-0.2, -0.15) is 0 Å². The highest BCUT2D eigenvalue weighted by Crippen LogP contribution is 2.34. The normalized spacial score (nSPS) is 19.6. The summed E-state index contributed by atoms with van der Waals surface area (Å²) in [6, 6.07) is 9.15. The van der Waals surface area contributed by atoms with Crippen LogP contribution in [0.5, 0.6) is 11.5 Å². The first-order valence-corrected chi connectivity index (χ1v) is 19.6. The molecule has 0 unspecified atom stereocenters. The molecule has 1 heterocycles. The van der Waals surface area contributed by atoms with Crippen LogP contribution in [0.3, 0.4) is 0 Å². The number of rotatable bonds is 23. The lowest BCUT2D eigenvalue weighted by Gasteiger charge is -2.41. The Kier molecular flexibility index (Phi) is 19.5. The lowest BCUT2D eigenvalue weighted by molar-refractivity contribution is -0.261. The summed E-state index contributed by atoms with van der Waals surface area (Å²) in [5.41, 5.74) is 1.22. The zero-order valence-corrected chi connectivity index (χ0v) is 33.9. The number of methoxy groups -OCH3 is 2. The van der Waals surface area contributed by atoms with E-state index in [-0.39, 0.29) is 52.8 Å². The first kappa shape index (κ1) is 46.6. The molecule has 2 amide bonds. The number of Topliss-reactive ketones (excluding diaryl/α,β-unsaturated/α-hetero) is 1. The maximum atomic E-state index is 13.3. The van der Waals surface area contributed by atoms with Crippen molar-refractivity contribution in [3.63, 3.8) is 0 Å². The third-order valence-electron chi connectivity index (χ3n) is 9.11. The summed E-state index contributed by atoms with van der Waals surface area (Å²) >= 11 is 6.51. The molecule has 3 rings (SSSR count). The van der Waals surface area contributed by atoms with Crippen molar-refractivity contribution in [2.45, 2.75) is 134 Å². The second-order valence-electron chi connectivity index (χ2n) is 14.9. The highest BCUT2D eigenvalue weighted by molar-refractivity contribution is 6.32. The van der Waals surface area contributed by atoms with Gasteiger partial charge in [-0.25, -0.2) is 0 Å². The van der Waals surface area contributed by atoms with Gasteiger partial charge in [0.05, 0.1) is 24.3 Å². The van der Waals surface area contributed by atoms with Gasteiger partial charge in [-0.3, -0.25) is 19.2 Å². The van der Waals surface area contributed by atoms with E-state index in [1.165, 1.54) is 26.4 Å². The predicted octanol–water partition coefficient (Wildman–Crippen LogP) is 4.58. The highest BCUT2D eigenvalue weighted by Gasteiger charge is 2.45. The van der Waals surface area contributed by atoms with E-state index in [0.717, 1.165) is 56.1 Å². The van der Waals surface area contributed by atoms with Gasteiger partial charge in [0.25, 0.3) is 5.91 Å². The Balaban J connectivity index is 1.37. The van der Waals surface area contributed by atoms with Gasteiger partial charge in [-0.1, -0.05) is 55.1 Å². The minimum atomic E-state index is -1.49. The Hall–Kier alpha value is -3.79. The molecule has 1 aliphatic heterocycles. The first-order chi connectivity index (χ1) is 26.6. The molecule has 0 aromatic heterocycles. The van der Waals surface area contributed by atoms with E-state index >= 15 is 0 Å². The fourth-order valence-electron chi connectivity index (χ4n) is 6.21. The summed E-state index contributed by atoms with van der Waals surface area (Å²) in [6.07, 6.45) is 2.02. The molecule has 1 fully saturated rings. The van der Waals surface area contributed by atoms with Gasteiger partial charge in [0, 0.05) is 45.4 Å². The molecule has 312 valence electrons. The molecule has 5 N–H and O–H groups in total. The molecule has 14 nitrogen and oxygen atoms in total. The number of hydrogen-bond donors (Lipinski definition) is 5. The van der Waals surface area contributed by atoms with E-state index in [2.05, 4.69) is 10.6 Å². The van der Waals surface area contributed by atoms with Crippen molar-refractivity contribution in [2.24, 2.45) is 0 Å². The first-order valence-electron chi connectivity index (χ1n) is 19.2. The zero-order valence-electron chi connectivity index (χ0n) is 33.1. The van der Waals surface area contributed by atoms with Crippen molar-refractivity contribution in [3.8, 4) is 11.5 Å². The molecular weight excluding hydrogens is 748 g/mol. The van der Waals surface area contributed by atoms with Crippen LogP contribution in [0, 0.1) is 0 Å². The quantitative estimate of drug-likeness (QED) is 0.0775. The van der Waals surface area contributed by atoms with Crippen molar-refractivity contribution in [1.82, 2.24) is 10.6 Å². The van der Waals surface area contributed by atoms with E-state index < -0.39 is 48.8 Å². The minimum absolute atomic E-state index is 0.0205. The Bertz CT molecular complexity index is 1580. The number of esters is 1. The molecule has 0 bridgehead atoms. The summed E-state index contributed by atoms with van der Waals surface area (Å²) in [4.78, 5) is 49.9. The molecule has 5 atom stereocenters. The second kappa shape index (κ2) is 23.4. The van der Waals surface area contributed by atoms with E-state index in [4.69, 9.17) is 35.3 Å². The average molecular weight is 807 g/mol. The van der Waals surface area contributed by atoms with Crippen LogP contribution in [0.1, 0.15) is 106 Å². The molecule has 0 saturated carbocycles. The minimum Gasteiger partial charge on any atom is -0.496 e. The maximum absolute atomic E-state index is 13.3. The lowest BCUT2D eigenvalue weighted by Crippen LogP contribution is -2.64. The molecule has 2 aromatic carbocycles. The number of ketones is 1. The van der Waals surface area contributed by atoms with Gasteiger partial charge >= 0.3 is 5.97 Å². The summed E-state index contributed by atoms with van der Waals surface area (Å²) in [6.45, 7) is 5.71. The third-order valence-corrected chi connectivity index (χ3v) is 9.40. The van der Waals surface area contributed by atoms with Gasteiger partial charge in [0.1, 0.15) is 53.8 Å². The molecular formula is C41H59ClN2O12. The fraction of sp³-hybridized carbons (Fsp3) is 0.610. The fourth-order valence-corrected chi connectivity index (χ4v) is 6.42. The van der Waals surface area contributed by atoms with Gasteiger partial charge < -0.3 is 49.6 Å². The zero-order chi connectivity index (χ0) is 41.3. The van der Waals surface area contributed by atoms with Crippen LogP contribution in [0.25, 0.3) is 0 Å². The Morgan fingerprint density at radius 2 is 1.54 bits per heavy atom. The van der Waals surface area contributed by atoms with Crippen molar-refractivity contribution in [3.05, 3.63) is 58.1 Å². The van der Waals surface area contributed by atoms with Crippen LogP contribution >= 0.6 is 11.6 Å². The van der Waals surface area contributed by atoms with Gasteiger partial charge in [-0.05, 0) is 63.6 Å². The third kappa shape index (κ3) is 15.6. The Morgan fingerprint density at radius 1 is 0.857 bits per heavy atom. The van der Waals surface area contributed by atoms with Crippen LogP contribution < -0.4 is 20.1 Å². The van der Waals surface area contributed by atoms with Crippen LogP contribution in [-0.4, -0.2) is 103 Å². The lowest BCUT2D eigenvalue weighted by atomic mass is 9.96. The summed E-state index contributed by atoms with van der Waals surface area (Å²) in [7, 11) is 2.68. The van der Waals surface area contributed by atoms with Crippen LogP contribution in [-0.2, 0) is 41.6 Å². The maximum Gasteiger partial charge on any atom is 0.306 e. The van der Waals surface area contributed by atoms with Crippen LogP contribution in [0.15, 0.2) is 36.4 Å². The van der Waals surface area contributed by atoms with E-state index in [0.29, 0.717) is 25.8 Å². The number of unbranched alkanes of at least 4 members (excludes halogenated alkanes) is 5. The number of hydrogen-bond acceptors (Lipinski definition) is 12. The topological polar surface area (TPSA) is 199 Å². The van der Waals surface area contributed by atoms with Gasteiger partial charge in [0.2, 0.25) is 5.91 Å². The van der Waals surface area contributed by atoms with Crippen molar-refractivity contribution in [1.29, 1.82) is 0 Å². The molecule has 15 heteroatoms. The van der Waals surface area contributed by atoms with E-state index in [1.807, 2.05) is 45.0 Å². The smallest absolute Gasteiger partial charge is 0.306 e. The number of benzene rings is 2. The molecule has 0 radical (unpaired) electrons.